The molecule has 0 spiro atoms. The van der Waals surface area contributed by atoms with Gasteiger partial charge in [0.1, 0.15) is 5.75 Å². The zero-order valence-electron chi connectivity index (χ0n) is 10.4. The molecule has 1 aliphatic heterocycles. The van der Waals surface area contributed by atoms with Crippen LogP contribution < -0.4 is 10.1 Å². The molecule has 1 aliphatic rings. The van der Waals surface area contributed by atoms with Gasteiger partial charge in [-0.15, -0.1) is 0 Å². The van der Waals surface area contributed by atoms with Gasteiger partial charge in [-0.1, -0.05) is 32.0 Å². The van der Waals surface area contributed by atoms with Crippen LogP contribution >= 0.6 is 0 Å². The second kappa shape index (κ2) is 4.88. The summed E-state index contributed by atoms with van der Waals surface area (Å²) in [5.41, 5.74) is 1.35. The summed E-state index contributed by atoms with van der Waals surface area (Å²) in [6.45, 7) is 8.56. The summed E-state index contributed by atoms with van der Waals surface area (Å²) in [5, 5.41) is 3.58. The molecule has 16 heavy (non-hydrogen) atoms. The highest BCUT2D eigenvalue weighted by molar-refractivity contribution is 5.39. The van der Waals surface area contributed by atoms with Crippen molar-refractivity contribution in [2.24, 2.45) is 5.92 Å². The van der Waals surface area contributed by atoms with Gasteiger partial charge in [0.15, 0.2) is 0 Å². The van der Waals surface area contributed by atoms with E-state index in [1.165, 1.54) is 5.56 Å². The maximum absolute atomic E-state index is 5.66. The van der Waals surface area contributed by atoms with Crippen LogP contribution in [0.1, 0.15) is 32.3 Å². The molecule has 2 heteroatoms. The SMILES string of the molecule is CC(C)C(C)NCC1COc2ccccc21. The summed E-state index contributed by atoms with van der Waals surface area (Å²) in [6.07, 6.45) is 0. The van der Waals surface area contributed by atoms with Crippen molar-refractivity contribution >= 4 is 0 Å². The van der Waals surface area contributed by atoms with E-state index in [0.717, 1.165) is 18.9 Å². The minimum atomic E-state index is 0.511. The van der Waals surface area contributed by atoms with E-state index in [1.807, 2.05) is 6.07 Å². The fourth-order valence-electron chi connectivity index (χ4n) is 1.96. The van der Waals surface area contributed by atoms with Gasteiger partial charge in [0.2, 0.25) is 0 Å². The van der Waals surface area contributed by atoms with Crippen LogP contribution in [-0.4, -0.2) is 19.2 Å². The Morgan fingerprint density at radius 2 is 2.06 bits per heavy atom. The van der Waals surface area contributed by atoms with Crippen LogP contribution in [0.25, 0.3) is 0 Å². The van der Waals surface area contributed by atoms with Crippen LogP contribution in [0.2, 0.25) is 0 Å². The molecule has 1 N–H and O–H groups in total. The monoisotopic (exact) mass is 219 g/mol. The van der Waals surface area contributed by atoms with Crippen molar-refractivity contribution in [1.29, 1.82) is 0 Å². The minimum absolute atomic E-state index is 0.511. The number of para-hydroxylation sites is 1. The molecule has 0 fully saturated rings. The number of rotatable bonds is 4. The van der Waals surface area contributed by atoms with E-state index in [9.17, 15) is 0 Å². The Labute approximate surface area is 98.0 Å². The molecular formula is C14H21NO. The quantitative estimate of drug-likeness (QED) is 0.840. The van der Waals surface area contributed by atoms with E-state index in [4.69, 9.17) is 4.74 Å². The highest BCUT2D eigenvalue weighted by Crippen LogP contribution is 2.32. The Bertz CT molecular complexity index is 348. The van der Waals surface area contributed by atoms with Crippen molar-refractivity contribution in [3.8, 4) is 5.75 Å². The average molecular weight is 219 g/mol. The second-order valence-electron chi connectivity index (χ2n) is 4.99. The molecule has 2 atom stereocenters. The molecule has 2 rings (SSSR count). The first kappa shape index (κ1) is 11.5. The van der Waals surface area contributed by atoms with Gasteiger partial charge in [-0.3, -0.25) is 0 Å². The second-order valence-corrected chi connectivity index (χ2v) is 4.99. The Morgan fingerprint density at radius 1 is 1.31 bits per heavy atom. The molecule has 2 nitrogen and oxygen atoms in total. The number of fused-ring (bicyclic) bond motifs is 1. The molecule has 0 aliphatic carbocycles. The zero-order valence-corrected chi connectivity index (χ0v) is 10.4. The largest absolute Gasteiger partial charge is 0.493 e. The van der Waals surface area contributed by atoms with Crippen LogP contribution in [0.3, 0.4) is 0 Å². The molecule has 0 saturated carbocycles. The fourth-order valence-corrected chi connectivity index (χ4v) is 1.96. The van der Waals surface area contributed by atoms with Gasteiger partial charge in [0, 0.05) is 24.1 Å². The highest BCUT2D eigenvalue weighted by Gasteiger charge is 2.23. The van der Waals surface area contributed by atoms with Crippen LogP contribution in [0, 0.1) is 5.92 Å². The number of hydrogen-bond acceptors (Lipinski definition) is 2. The predicted molar refractivity (Wildman–Crippen MR) is 67.0 cm³/mol. The molecule has 1 aromatic carbocycles. The highest BCUT2D eigenvalue weighted by atomic mass is 16.5. The van der Waals surface area contributed by atoms with E-state index >= 15 is 0 Å². The first-order valence-corrected chi connectivity index (χ1v) is 6.13. The van der Waals surface area contributed by atoms with Crippen molar-refractivity contribution < 1.29 is 4.74 Å². The molecular weight excluding hydrogens is 198 g/mol. The van der Waals surface area contributed by atoms with E-state index in [0.29, 0.717) is 17.9 Å². The molecule has 1 heterocycles. The zero-order chi connectivity index (χ0) is 11.5. The van der Waals surface area contributed by atoms with Crippen molar-refractivity contribution in [3.05, 3.63) is 29.8 Å². The Balaban J connectivity index is 1.93. The number of ether oxygens (including phenoxy) is 1. The van der Waals surface area contributed by atoms with Gasteiger partial charge in [-0.05, 0) is 18.9 Å². The summed E-state index contributed by atoms with van der Waals surface area (Å²) in [7, 11) is 0. The third kappa shape index (κ3) is 2.38. The molecule has 0 radical (unpaired) electrons. The van der Waals surface area contributed by atoms with E-state index < -0.39 is 0 Å². The Morgan fingerprint density at radius 3 is 2.81 bits per heavy atom. The van der Waals surface area contributed by atoms with Crippen molar-refractivity contribution in [2.45, 2.75) is 32.7 Å². The Kier molecular flexibility index (Phi) is 3.49. The topological polar surface area (TPSA) is 21.3 Å². The first-order chi connectivity index (χ1) is 7.68. The molecule has 88 valence electrons. The van der Waals surface area contributed by atoms with Crippen LogP contribution in [0.5, 0.6) is 5.75 Å². The molecule has 0 saturated heterocycles. The standard InChI is InChI=1S/C14H21NO/c1-10(2)11(3)15-8-12-9-16-14-7-5-4-6-13(12)14/h4-7,10-12,15H,8-9H2,1-3H3. The van der Waals surface area contributed by atoms with Gasteiger partial charge in [0.05, 0.1) is 6.61 Å². The minimum Gasteiger partial charge on any atom is -0.493 e. The number of nitrogens with one attached hydrogen (secondary N) is 1. The van der Waals surface area contributed by atoms with E-state index in [-0.39, 0.29) is 0 Å². The lowest BCUT2D eigenvalue weighted by atomic mass is 10.00. The van der Waals surface area contributed by atoms with Crippen LogP contribution in [0.4, 0.5) is 0 Å². The van der Waals surface area contributed by atoms with Gasteiger partial charge >= 0.3 is 0 Å². The lowest BCUT2D eigenvalue weighted by Crippen LogP contribution is -2.34. The summed E-state index contributed by atoms with van der Waals surface area (Å²) in [4.78, 5) is 0. The van der Waals surface area contributed by atoms with E-state index in [1.54, 1.807) is 0 Å². The van der Waals surface area contributed by atoms with Crippen LogP contribution in [0.15, 0.2) is 24.3 Å². The van der Waals surface area contributed by atoms with Crippen molar-refractivity contribution in [1.82, 2.24) is 5.32 Å². The summed E-state index contributed by atoms with van der Waals surface area (Å²) in [6, 6.07) is 8.92. The third-order valence-electron chi connectivity index (χ3n) is 3.49. The molecule has 1 aromatic rings. The summed E-state index contributed by atoms with van der Waals surface area (Å²) < 4.78 is 5.66. The van der Waals surface area contributed by atoms with Gasteiger partial charge < -0.3 is 10.1 Å². The fraction of sp³-hybridized carbons (Fsp3) is 0.571. The average Bonchev–Trinajstić information content (AvgIpc) is 2.69. The lowest BCUT2D eigenvalue weighted by Gasteiger charge is -2.19. The lowest BCUT2D eigenvalue weighted by molar-refractivity contribution is 0.316. The van der Waals surface area contributed by atoms with Crippen molar-refractivity contribution in [3.63, 3.8) is 0 Å². The molecule has 2 unspecified atom stereocenters. The van der Waals surface area contributed by atoms with E-state index in [2.05, 4.69) is 44.3 Å². The maximum atomic E-state index is 5.66. The normalized spacial score (nSPS) is 20.6. The molecule has 0 amide bonds. The number of benzene rings is 1. The maximum Gasteiger partial charge on any atom is 0.122 e. The van der Waals surface area contributed by atoms with Crippen LogP contribution in [-0.2, 0) is 0 Å². The predicted octanol–water partition coefficient (Wildman–Crippen LogP) is 2.80. The summed E-state index contributed by atoms with van der Waals surface area (Å²) in [5.74, 6) is 2.25. The number of hydrogen-bond donors (Lipinski definition) is 1. The van der Waals surface area contributed by atoms with Gasteiger partial charge in [-0.2, -0.15) is 0 Å². The Hall–Kier alpha value is -1.02. The smallest absolute Gasteiger partial charge is 0.122 e. The summed E-state index contributed by atoms with van der Waals surface area (Å²) >= 11 is 0. The van der Waals surface area contributed by atoms with Crippen molar-refractivity contribution in [2.75, 3.05) is 13.2 Å². The van der Waals surface area contributed by atoms with Gasteiger partial charge in [0.25, 0.3) is 0 Å². The molecule has 0 bridgehead atoms. The molecule has 0 aromatic heterocycles. The first-order valence-electron chi connectivity index (χ1n) is 6.13. The van der Waals surface area contributed by atoms with Gasteiger partial charge in [-0.25, -0.2) is 0 Å². The third-order valence-corrected chi connectivity index (χ3v) is 3.49.